The maximum Gasteiger partial charge on any atom is 0.119 e. The Bertz CT molecular complexity index is 1690. The molecule has 6 rings (SSSR count). The zero-order valence-corrected chi connectivity index (χ0v) is 30.7. The molecule has 0 spiro atoms. The fraction of sp³-hybridized carbons (Fsp3) is 0.233. The highest BCUT2D eigenvalue weighted by Crippen LogP contribution is 2.36. The second-order valence-corrected chi connectivity index (χ2v) is 14.7. The fourth-order valence-corrected chi connectivity index (χ4v) is 8.48. The predicted molar refractivity (Wildman–Crippen MR) is 210 cm³/mol. The van der Waals surface area contributed by atoms with Gasteiger partial charge in [-0.15, -0.1) is 0 Å². The number of hydrogen-bond donors (Lipinski definition) is 0. The van der Waals surface area contributed by atoms with Gasteiger partial charge in [-0.05, 0) is 65.2 Å². The maximum absolute atomic E-state index is 6.14. The van der Waals surface area contributed by atoms with E-state index < -0.39 is 9.52 Å². The van der Waals surface area contributed by atoms with Crippen LogP contribution in [0.4, 0.5) is 0 Å². The lowest BCUT2D eigenvalue weighted by Crippen LogP contribution is -2.46. The molecule has 0 aliphatic rings. The summed E-state index contributed by atoms with van der Waals surface area (Å²) < 4.78 is 14.6. The Morgan fingerprint density at radius 2 is 1.14 bits per heavy atom. The van der Waals surface area contributed by atoms with Crippen LogP contribution in [0.1, 0.15) is 67.6 Å². The Morgan fingerprint density at radius 3 is 1.59 bits per heavy atom. The van der Waals surface area contributed by atoms with Gasteiger partial charge in [-0.1, -0.05) is 147 Å². The number of unbranched alkanes of at least 4 members (excludes halogenated alkanes) is 2. The van der Waals surface area contributed by atoms with Gasteiger partial charge in [0.05, 0.1) is 34.2 Å². The number of ether oxygens (including phenoxy) is 2. The van der Waals surface area contributed by atoms with E-state index >= 15 is 0 Å². The SMILES string of the molecule is BC(c1ccccc1)c1ccccc1.CCCCOc1cccc(C([SiH2]c2ccccc2)(c2cccc(OCCCC)c2)n2ccnc2)c1. The topological polar surface area (TPSA) is 36.3 Å². The second kappa shape index (κ2) is 18.7. The van der Waals surface area contributed by atoms with E-state index in [2.05, 4.69) is 177 Å². The molecular formula is C43H49BN2O2Si. The van der Waals surface area contributed by atoms with Crippen LogP contribution in [-0.4, -0.2) is 40.1 Å². The zero-order valence-electron chi connectivity index (χ0n) is 29.2. The quantitative estimate of drug-likeness (QED) is 0.0828. The third-order valence-corrected chi connectivity index (χ3v) is 11.6. The Hall–Kier alpha value is -4.81. The Balaban J connectivity index is 0.000000278. The molecule has 0 atom stereocenters. The number of hydrogen-bond acceptors (Lipinski definition) is 3. The summed E-state index contributed by atoms with van der Waals surface area (Å²) in [5.74, 6) is 2.31. The smallest absolute Gasteiger partial charge is 0.119 e. The van der Waals surface area contributed by atoms with E-state index in [0.29, 0.717) is 5.82 Å². The maximum atomic E-state index is 6.14. The average molecular weight is 665 g/mol. The van der Waals surface area contributed by atoms with Gasteiger partial charge in [0.2, 0.25) is 0 Å². The van der Waals surface area contributed by atoms with Crippen molar-refractivity contribution in [3.8, 4) is 11.5 Å². The molecule has 0 saturated carbocycles. The average Bonchev–Trinajstić information content (AvgIpc) is 3.71. The molecule has 0 aliphatic heterocycles. The highest BCUT2D eigenvalue weighted by atomic mass is 28.2. The van der Waals surface area contributed by atoms with Gasteiger partial charge in [0.15, 0.2) is 0 Å². The minimum Gasteiger partial charge on any atom is -0.494 e. The standard InChI is InChI=1S/C30H36N2O2Si.C13H13B/c1-3-5-20-33-27-14-10-12-25(22-27)30(32-19-18-31-24-32,35-29-16-8-7-9-17-29)26-13-11-15-28(23-26)34-21-6-4-2;14-13(11-7-3-1-4-8-11)12-9-5-2-6-10-12/h7-19,22-24H,3-6,20-21,35H2,1-2H3;1-10,13H,14H2. The van der Waals surface area contributed by atoms with Gasteiger partial charge in [-0.2, -0.15) is 0 Å². The first kappa shape index (κ1) is 35.5. The van der Waals surface area contributed by atoms with Crippen molar-refractivity contribution in [1.82, 2.24) is 9.55 Å². The zero-order chi connectivity index (χ0) is 34.2. The molecule has 0 fully saturated rings. The molecule has 49 heavy (non-hydrogen) atoms. The minimum absolute atomic E-state index is 0.383. The van der Waals surface area contributed by atoms with Crippen LogP contribution in [0.2, 0.25) is 0 Å². The monoisotopic (exact) mass is 664 g/mol. The first-order valence-electron chi connectivity index (χ1n) is 17.7. The highest BCUT2D eigenvalue weighted by molar-refractivity contribution is 6.57. The van der Waals surface area contributed by atoms with Gasteiger partial charge in [-0.25, -0.2) is 4.98 Å². The van der Waals surface area contributed by atoms with Crippen molar-refractivity contribution in [2.24, 2.45) is 0 Å². The van der Waals surface area contributed by atoms with Gasteiger partial charge in [0.25, 0.3) is 0 Å². The minimum atomic E-state index is -0.937. The third kappa shape index (κ3) is 9.64. The van der Waals surface area contributed by atoms with E-state index in [4.69, 9.17) is 9.47 Å². The number of benzene rings is 5. The molecule has 0 radical (unpaired) electrons. The van der Waals surface area contributed by atoms with Crippen LogP contribution in [0.3, 0.4) is 0 Å². The van der Waals surface area contributed by atoms with Crippen LogP contribution in [0.5, 0.6) is 11.5 Å². The first-order valence-corrected chi connectivity index (χ1v) is 19.1. The molecule has 0 unspecified atom stereocenters. The van der Waals surface area contributed by atoms with Gasteiger partial charge in [-0.3, -0.25) is 0 Å². The molecule has 0 N–H and O–H groups in total. The summed E-state index contributed by atoms with van der Waals surface area (Å²) in [4.78, 5) is 4.47. The van der Waals surface area contributed by atoms with Gasteiger partial charge in [0, 0.05) is 12.4 Å². The number of rotatable bonds is 15. The molecule has 1 heterocycles. The van der Waals surface area contributed by atoms with Gasteiger partial charge in [0.1, 0.15) is 19.3 Å². The predicted octanol–water partition coefficient (Wildman–Crippen LogP) is 7.89. The molecule has 6 aromatic rings. The third-order valence-electron chi connectivity index (χ3n) is 9.00. The van der Waals surface area contributed by atoms with E-state index in [9.17, 15) is 0 Å². The molecule has 0 amide bonds. The van der Waals surface area contributed by atoms with Gasteiger partial charge >= 0.3 is 0 Å². The van der Waals surface area contributed by atoms with Crippen molar-refractivity contribution in [1.29, 1.82) is 0 Å². The number of nitrogens with zero attached hydrogens (tertiary/aromatic N) is 2. The van der Waals surface area contributed by atoms with Crippen molar-refractivity contribution in [3.05, 3.63) is 181 Å². The molecule has 1 aromatic heterocycles. The lowest BCUT2D eigenvalue weighted by molar-refractivity contribution is 0.308. The number of imidazole rings is 1. The molecule has 0 saturated heterocycles. The summed E-state index contributed by atoms with van der Waals surface area (Å²) in [7, 11) is 1.30. The van der Waals surface area contributed by atoms with E-state index in [1.807, 2.05) is 12.5 Å². The van der Waals surface area contributed by atoms with E-state index in [-0.39, 0.29) is 5.16 Å². The lowest BCUT2D eigenvalue weighted by atomic mass is 9.76. The molecule has 250 valence electrons. The van der Waals surface area contributed by atoms with Crippen molar-refractivity contribution in [2.75, 3.05) is 13.2 Å². The Labute approximate surface area is 296 Å². The molecule has 6 heteroatoms. The van der Waals surface area contributed by atoms with E-state index in [0.717, 1.165) is 50.4 Å². The fourth-order valence-electron chi connectivity index (χ4n) is 6.17. The Morgan fingerprint density at radius 1 is 0.653 bits per heavy atom. The van der Waals surface area contributed by atoms with Crippen molar-refractivity contribution < 1.29 is 9.47 Å². The number of aromatic nitrogens is 2. The second-order valence-electron chi connectivity index (χ2n) is 12.5. The van der Waals surface area contributed by atoms with Crippen LogP contribution in [0.25, 0.3) is 0 Å². The summed E-state index contributed by atoms with van der Waals surface area (Å²) in [6.45, 7) is 5.83. The molecule has 4 nitrogen and oxygen atoms in total. The first-order chi connectivity index (χ1) is 24.1. The Kier molecular flexibility index (Phi) is 13.5. The molecule has 0 bridgehead atoms. The summed E-state index contributed by atoms with van der Waals surface area (Å²) in [5.41, 5.74) is 5.17. The van der Waals surface area contributed by atoms with Gasteiger partial charge < -0.3 is 14.0 Å². The van der Waals surface area contributed by atoms with Crippen molar-refractivity contribution in [3.63, 3.8) is 0 Å². The summed E-state index contributed by atoms with van der Waals surface area (Å²) in [5, 5.41) is 1.00. The highest BCUT2D eigenvalue weighted by Gasteiger charge is 2.37. The molecular weight excluding hydrogens is 615 g/mol. The van der Waals surface area contributed by atoms with Crippen LogP contribution >= 0.6 is 0 Å². The largest absolute Gasteiger partial charge is 0.494 e. The van der Waals surface area contributed by atoms with E-state index in [1.165, 1.54) is 27.4 Å². The van der Waals surface area contributed by atoms with Crippen LogP contribution in [0, 0.1) is 0 Å². The summed E-state index contributed by atoms with van der Waals surface area (Å²) in [6, 6.07) is 49.3. The molecule has 5 aromatic carbocycles. The van der Waals surface area contributed by atoms with Crippen molar-refractivity contribution in [2.45, 2.75) is 50.5 Å². The van der Waals surface area contributed by atoms with Crippen LogP contribution in [0.15, 0.2) is 158 Å². The molecule has 0 aliphatic carbocycles. The summed E-state index contributed by atoms with van der Waals surface area (Å²) >= 11 is 0. The normalized spacial score (nSPS) is 11.3. The van der Waals surface area contributed by atoms with E-state index in [1.54, 1.807) is 0 Å². The lowest BCUT2D eigenvalue weighted by Gasteiger charge is -2.37. The van der Waals surface area contributed by atoms with Crippen LogP contribution in [-0.2, 0) is 5.16 Å². The van der Waals surface area contributed by atoms with Crippen LogP contribution < -0.4 is 14.7 Å². The summed E-state index contributed by atoms with van der Waals surface area (Å²) in [6.07, 6.45) is 10.2. The van der Waals surface area contributed by atoms with Crippen molar-refractivity contribution >= 4 is 22.6 Å².